The maximum atomic E-state index is 13.1. The SMILES string of the molecule is CC(O)(CN1CCN(c2ccc(Cl)cc2)CC1)C(=O)Nc1ccc(C#N)c(C(F)(F)F)c1. The highest BCUT2D eigenvalue weighted by molar-refractivity contribution is 6.30. The van der Waals surface area contributed by atoms with Crippen LogP contribution in [0.1, 0.15) is 18.1 Å². The first-order chi connectivity index (χ1) is 15.0. The Kier molecular flexibility index (Phi) is 6.98. The summed E-state index contributed by atoms with van der Waals surface area (Å²) in [4.78, 5) is 16.7. The zero-order valence-electron chi connectivity index (χ0n) is 17.3. The summed E-state index contributed by atoms with van der Waals surface area (Å²) in [6, 6.07) is 11.8. The smallest absolute Gasteiger partial charge is 0.379 e. The Morgan fingerprint density at radius 2 is 1.78 bits per heavy atom. The van der Waals surface area contributed by atoms with Gasteiger partial charge in [-0.1, -0.05) is 11.6 Å². The highest BCUT2D eigenvalue weighted by Crippen LogP contribution is 2.33. The molecule has 1 aliphatic rings. The largest absolute Gasteiger partial charge is 0.417 e. The molecule has 0 saturated carbocycles. The van der Waals surface area contributed by atoms with E-state index < -0.39 is 28.8 Å². The molecule has 0 radical (unpaired) electrons. The van der Waals surface area contributed by atoms with Crippen LogP contribution in [0.2, 0.25) is 5.02 Å². The summed E-state index contributed by atoms with van der Waals surface area (Å²) >= 11 is 5.92. The van der Waals surface area contributed by atoms with E-state index in [4.69, 9.17) is 16.9 Å². The van der Waals surface area contributed by atoms with Gasteiger partial charge in [-0.25, -0.2) is 0 Å². The summed E-state index contributed by atoms with van der Waals surface area (Å²) in [7, 11) is 0. The van der Waals surface area contributed by atoms with E-state index in [-0.39, 0.29) is 12.2 Å². The number of benzene rings is 2. The van der Waals surface area contributed by atoms with Crippen LogP contribution in [0, 0.1) is 11.3 Å². The highest BCUT2D eigenvalue weighted by Gasteiger charge is 2.36. The van der Waals surface area contributed by atoms with Crippen LogP contribution in [-0.2, 0) is 11.0 Å². The predicted molar refractivity (Wildman–Crippen MR) is 116 cm³/mol. The number of hydrogen-bond acceptors (Lipinski definition) is 5. The molecule has 2 N–H and O–H groups in total. The van der Waals surface area contributed by atoms with E-state index >= 15 is 0 Å². The number of anilines is 2. The van der Waals surface area contributed by atoms with E-state index in [1.54, 1.807) is 0 Å². The van der Waals surface area contributed by atoms with Gasteiger partial charge in [0.1, 0.15) is 0 Å². The fraction of sp³-hybridized carbons (Fsp3) is 0.364. The number of amides is 1. The van der Waals surface area contributed by atoms with Crippen molar-refractivity contribution in [2.45, 2.75) is 18.7 Å². The molecular weight excluding hydrogens is 445 g/mol. The lowest BCUT2D eigenvalue weighted by Crippen LogP contribution is -2.54. The van der Waals surface area contributed by atoms with Gasteiger partial charge >= 0.3 is 6.18 Å². The van der Waals surface area contributed by atoms with Crippen LogP contribution >= 0.6 is 11.6 Å². The summed E-state index contributed by atoms with van der Waals surface area (Å²) < 4.78 is 39.4. The normalized spacial score (nSPS) is 16.8. The van der Waals surface area contributed by atoms with Gasteiger partial charge in [-0.2, -0.15) is 18.4 Å². The molecule has 10 heteroatoms. The Morgan fingerprint density at radius 1 is 1.16 bits per heavy atom. The van der Waals surface area contributed by atoms with Crippen LogP contribution in [0.3, 0.4) is 0 Å². The van der Waals surface area contributed by atoms with Crippen LogP contribution in [0.5, 0.6) is 0 Å². The molecule has 1 saturated heterocycles. The molecule has 1 atom stereocenters. The summed E-state index contributed by atoms with van der Waals surface area (Å²) in [5, 5.41) is 22.5. The van der Waals surface area contributed by atoms with Gasteiger partial charge in [0, 0.05) is 49.1 Å². The van der Waals surface area contributed by atoms with Crippen molar-refractivity contribution in [3.63, 3.8) is 0 Å². The highest BCUT2D eigenvalue weighted by atomic mass is 35.5. The van der Waals surface area contributed by atoms with E-state index in [2.05, 4.69) is 10.2 Å². The standard InChI is InChI=1S/C22H22ClF3N4O2/c1-21(32,14-29-8-10-30(11-9-29)18-6-3-16(23)4-7-18)20(31)28-17-5-2-15(13-27)19(12-17)22(24,25)26/h2-7,12,32H,8-11,14H2,1H3,(H,28,31). The second-order valence-electron chi connectivity index (χ2n) is 7.84. The molecule has 2 aromatic carbocycles. The molecule has 1 unspecified atom stereocenters. The average Bonchev–Trinajstić information content (AvgIpc) is 2.74. The minimum absolute atomic E-state index is 0.0235. The number of halogens is 4. The van der Waals surface area contributed by atoms with E-state index in [1.165, 1.54) is 19.1 Å². The van der Waals surface area contributed by atoms with E-state index in [1.807, 2.05) is 29.2 Å². The van der Waals surface area contributed by atoms with Crippen LogP contribution < -0.4 is 10.2 Å². The van der Waals surface area contributed by atoms with Gasteiger partial charge < -0.3 is 15.3 Å². The first-order valence-electron chi connectivity index (χ1n) is 9.87. The van der Waals surface area contributed by atoms with E-state index in [9.17, 15) is 23.1 Å². The third kappa shape index (κ3) is 5.71. The van der Waals surface area contributed by atoms with E-state index in [0.29, 0.717) is 37.3 Å². The number of carbonyl (C=O) groups excluding carboxylic acids is 1. The van der Waals surface area contributed by atoms with Crippen molar-refractivity contribution in [3.8, 4) is 6.07 Å². The van der Waals surface area contributed by atoms with Gasteiger partial charge in [-0.15, -0.1) is 0 Å². The topological polar surface area (TPSA) is 79.6 Å². The Morgan fingerprint density at radius 3 is 2.34 bits per heavy atom. The summed E-state index contributed by atoms with van der Waals surface area (Å²) in [5.74, 6) is -0.824. The first-order valence-corrected chi connectivity index (χ1v) is 10.3. The lowest BCUT2D eigenvalue weighted by atomic mass is 10.0. The van der Waals surface area contributed by atoms with Crippen molar-refractivity contribution in [3.05, 3.63) is 58.6 Å². The van der Waals surface area contributed by atoms with Gasteiger partial charge in [0.15, 0.2) is 5.60 Å². The van der Waals surface area contributed by atoms with Crippen LogP contribution in [0.25, 0.3) is 0 Å². The molecule has 170 valence electrons. The zero-order chi connectivity index (χ0) is 23.5. The molecule has 0 bridgehead atoms. The molecule has 1 amide bonds. The Balaban J connectivity index is 1.60. The molecule has 0 aromatic heterocycles. The van der Waals surface area contributed by atoms with E-state index in [0.717, 1.165) is 11.8 Å². The molecular formula is C22H22ClF3N4O2. The molecule has 2 aromatic rings. The Hall–Kier alpha value is -2.80. The number of nitrogens with zero attached hydrogens (tertiary/aromatic N) is 3. The number of aliphatic hydroxyl groups is 1. The molecule has 32 heavy (non-hydrogen) atoms. The monoisotopic (exact) mass is 466 g/mol. The van der Waals surface area contributed by atoms with Gasteiger partial charge in [-0.3, -0.25) is 9.69 Å². The van der Waals surface area contributed by atoms with Crippen molar-refractivity contribution >= 4 is 28.9 Å². The molecule has 1 heterocycles. The minimum Gasteiger partial charge on any atom is -0.379 e. The van der Waals surface area contributed by atoms with Gasteiger partial charge in [0.05, 0.1) is 17.2 Å². The molecule has 1 aliphatic heterocycles. The number of nitriles is 1. The number of rotatable bonds is 5. The lowest BCUT2D eigenvalue weighted by molar-refractivity contribution is -0.138. The van der Waals surface area contributed by atoms with Gasteiger partial charge in [0.2, 0.25) is 0 Å². The number of β-amino-alcohol motifs (C(OH)–C–C–N with tert-alkyl or cyclic N) is 1. The molecule has 6 nitrogen and oxygen atoms in total. The molecule has 0 spiro atoms. The maximum absolute atomic E-state index is 13.1. The number of nitrogens with one attached hydrogen (secondary N) is 1. The fourth-order valence-electron chi connectivity index (χ4n) is 3.54. The average molecular weight is 467 g/mol. The van der Waals surface area contributed by atoms with Crippen LogP contribution in [-0.4, -0.2) is 54.2 Å². The third-order valence-corrected chi connectivity index (χ3v) is 5.54. The van der Waals surface area contributed by atoms with Crippen molar-refractivity contribution in [1.82, 2.24) is 4.90 Å². The summed E-state index contributed by atoms with van der Waals surface area (Å²) in [6.07, 6.45) is -4.74. The molecule has 1 fully saturated rings. The van der Waals surface area contributed by atoms with Crippen LogP contribution in [0.15, 0.2) is 42.5 Å². The van der Waals surface area contributed by atoms with Crippen molar-refractivity contribution in [2.75, 3.05) is 42.9 Å². The maximum Gasteiger partial charge on any atom is 0.417 e. The molecule has 0 aliphatic carbocycles. The molecule has 3 rings (SSSR count). The minimum atomic E-state index is -4.74. The summed E-state index contributed by atoms with van der Waals surface area (Å²) in [6.45, 7) is 3.91. The Labute approximate surface area is 188 Å². The number of piperazine rings is 1. The van der Waals surface area contributed by atoms with Gasteiger partial charge in [0.25, 0.3) is 5.91 Å². The lowest BCUT2D eigenvalue weighted by Gasteiger charge is -2.38. The Bertz CT molecular complexity index is 1010. The quantitative estimate of drug-likeness (QED) is 0.701. The predicted octanol–water partition coefficient (Wildman–Crippen LogP) is 3.74. The zero-order valence-corrected chi connectivity index (χ0v) is 18.0. The number of alkyl halides is 3. The third-order valence-electron chi connectivity index (χ3n) is 5.29. The summed E-state index contributed by atoms with van der Waals surface area (Å²) in [5.41, 5.74) is -2.63. The van der Waals surface area contributed by atoms with Crippen LogP contribution in [0.4, 0.5) is 24.5 Å². The second kappa shape index (κ2) is 9.36. The van der Waals surface area contributed by atoms with Crippen molar-refractivity contribution in [1.29, 1.82) is 5.26 Å². The fourth-order valence-corrected chi connectivity index (χ4v) is 3.67. The van der Waals surface area contributed by atoms with Gasteiger partial charge in [-0.05, 0) is 49.4 Å². The second-order valence-corrected chi connectivity index (χ2v) is 8.27. The number of hydrogen-bond donors (Lipinski definition) is 2. The van der Waals surface area contributed by atoms with Crippen molar-refractivity contribution in [2.24, 2.45) is 0 Å². The van der Waals surface area contributed by atoms with Crippen molar-refractivity contribution < 1.29 is 23.1 Å². The first kappa shape index (κ1) is 23.9. The number of carbonyl (C=O) groups is 1.